The van der Waals surface area contributed by atoms with Gasteiger partial charge < -0.3 is 24.4 Å². The van der Waals surface area contributed by atoms with Gasteiger partial charge in [0.2, 0.25) is 11.8 Å². The van der Waals surface area contributed by atoms with Crippen LogP contribution in [0.15, 0.2) is 97.1 Å². The predicted octanol–water partition coefficient (Wildman–Crippen LogP) is 7.33. The maximum Gasteiger partial charge on any atom is 0.253 e. The smallest absolute Gasteiger partial charge is 0.253 e. The number of hydrogen-bond donors (Lipinski definition) is 1. The Labute approximate surface area is 279 Å². The lowest BCUT2D eigenvalue weighted by atomic mass is 10.0. The number of carbonyl (C=O) groups excluding carboxylic acids is 2. The molecule has 48 heavy (non-hydrogen) atoms. The molecular weight excluding hydrogens is 611 g/mol. The molecule has 1 N–H and O–H groups in total. The molecule has 9 nitrogen and oxygen atoms in total. The van der Waals surface area contributed by atoms with E-state index in [9.17, 15) is 14.0 Å². The molecule has 0 saturated heterocycles. The van der Waals surface area contributed by atoms with Crippen LogP contribution in [-0.4, -0.2) is 54.8 Å². The summed E-state index contributed by atoms with van der Waals surface area (Å²) < 4.78 is 33.1. The van der Waals surface area contributed by atoms with E-state index in [4.69, 9.17) is 19.3 Å². The molecule has 0 fully saturated rings. The number of nitrogens with zero attached hydrogens (tertiary/aromatic N) is 3. The molecule has 0 radical (unpaired) electrons. The van der Waals surface area contributed by atoms with Gasteiger partial charge in [-0.2, -0.15) is 5.10 Å². The molecule has 0 aliphatic carbocycles. The van der Waals surface area contributed by atoms with E-state index in [1.165, 1.54) is 17.0 Å². The Morgan fingerprint density at radius 2 is 1.52 bits per heavy atom. The van der Waals surface area contributed by atoms with E-state index in [0.29, 0.717) is 46.4 Å². The molecule has 0 aliphatic heterocycles. The lowest BCUT2D eigenvalue weighted by Gasteiger charge is -2.16. The molecule has 10 heteroatoms. The van der Waals surface area contributed by atoms with Crippen LogP contribution in [0.4, 0.5) is 10.1 Å². The molecule has 5 aromatic rings. The topological polar surface area (TPSA) is 94.9 Å². The third-order valence-electron chi connectivity index (χ3n) is 7.59. The Bertz CT molecular complexity index is 1910. The van der Waals surface area contributed by atoms with Gasteiger partial charge in [-0.1, -0.05) is 42.5 Å². The van der Waals surface area contributed by atoms with Crippen LogP contribution >= 0.6 is 0 Å². The van der Waals surface area contributed by atoms with E-state index in [1.807, 2.05) is 61.5 Å². The molecule has 2 amide bonds. The summed E-state index contributed by atoms with van der Waals surface area (Å²) in [5, 5.41) is 7.38. The molecule has 246 valence electrons. The number of halogens is 1. The largest absolute Gasteiger partial charge is 0.497 e. The van der Waals surface area contributed by atoms with Gasteiger partial charge in [-0.15, -0.1) is 0 Å². The lowest BCUT2D eigenvalue weighted by Crippen LogP contribution is -2.22. The van der Waals surface area contributed by atoms with Gasteiger partial charge >= 0.3 is 0 Å². The maximum atomic E-state index is 14.1. The Morgan fingerprint density at radius 3 is 2.15 bits per heavy atom. The fourth-order valence-electron chi connectivity index (χ4n) is 5.09. The summed E-state index contributed by atoms with van der Waals surface area (Å²) in [5.41, 5.74) is 4.23. The molecular formula is C38H37FN4O5. The number of likely N-dealkylation sites (N-methyl/N-ethyl adjacent to an activating group) is 1. The molecule has 0 bridgehead atoms. The second-order valence-corrected chi connectivity index (χ2v) is 11.2. The van der Waals surface area contributed by atoms with E-state index in [1.54, 1.807) is 69.4 Å². The second-order valence-electron chi connectivity index (χ2n) is 11.2. The van der Waals surface area contributed by atoms with Crippen LogP contribution in [0.2, 0.25) is 0 Å². The van der Waals surface area contributed by atoms with E-state index in [-0.39, 0.29) is 23.9 Å². The first-order chi connectivity index (χ1) is 23.2. The highest BCUT2D eigenvalue weighted by Crippen LogP contribution is 2.33. The first-order valence-electron chi connectivity index (χ1n) is 15.3. The van der Waals surface area contributed by atoms with Crippen molar-refractivity contribution in [3.05, 3.63) is 125 Å². The fraction of sp³-hybridized carbons (Fsp3) is 0.184. The van der Waals surface area contributed by atoms with Crippen LogP contribution in [0.3, 0.4) is 0 Å². The van der Waals surface area contributed by atoms with Gasteiger partial charge in [-0.3, -0.25) is 9.59 Å². The van der Waals surface area contributed by atoms with Crippen LogP contribution in [0.25, 0.3) is 17.3 Å². The molecule has 5 rings (SSSR count). The number of benzene rings is 4. The number of rotatable bonds is 12. The minimum absolute atomic E-state index is 0.0841. The van der Waals surface area contributed by atoms with Crippen LogP contribution in [-0.2, 0) is 16.0 Å². The predicted molar refractivity (Wildman–Crippen MR) is 184 cm³/mol. The van der Waals surface area contributed by atoms with Gasteiger partial charge in [0.05, 0.1) is 31.3 Å². The normalized spacial score (nSPS) is 11.2. The second kappa shape index (κ2) is 15.1. The monoisotopic (exact) mass is 648 g/mol. The molecule has 1 aromatic heterocycles. The third-order valence-corrected chi connectivity index (χ3v) is 7.59. The summed E-state index contributed by atoms with van der Waals surface area (Å²) in [4.78, 5) is 27.7. The number of amides is 2. The summed E-state index contributed by atoms with van der Waals surface area (Å²) in [6.45, 7) is 1.86. The Hall–Kier alpha value is -5.90. The van der Waals surface area contributed by atoms with E-state index in [2.05, 4.69) is 5.32 Å². The molecule has 0 spiro atoms. The number of carbonyl (C=O) groups is 2. The Balaban J connectivity index is 1.45. The quantitative estimate of drug-likeness (QED) is 0.113. The minimum Gasteiger partial charge on any atom is -0.497 e. The van der Waals surface area contributed by atoms with Gasteiger partial charge in [0.25, 0.3) is 5.91 Å². The molecule has 0 aliphatic rings. The Morgan fingerprint density at radius 1 is 0.875 bits per heavy atom. The number of methoxy groups -OCH3 is 2. The number of aromatic nitrogens is 2. The molecule has 0 unspecified atom stereocenters. The van der Waals surface area contributed by atoms with Crippen LogP contribution in [0, 0.1) is 12.7 Å². The summed E-state index contributed by atoms with van der Waals surface area (Å²) >= 11 is 0. The Kier molecular flexibility index (Phi) is 10.5. The van der Waals surface area contributed by atoms with Crippen LogP contribution < -0.4 is 19.5 Å². The first kappa shape index (κ1) is 33.5. The third kappa shape index (κ3) is 7.90. The SMILES string of the molecule is COc1cc(C=C(C(=O)N(C)C)c2ccc(Oc3c(CCC(=O)Nc4ccccc4F)c(C)nn3-c3ccccc3)cc2)cc(OC)c1. The average molecular weight is 649 g/mol. The van der Waals surface area contributed by atoms with Crippen molar-refractivity contribution < 1.29 is 28.2 Å². The zero-order chi connectivity index (χ0) is 34.2. The van der Waals surface area contributed by atoms with Gasteiger partial charge in [-0.05, 0) is 79.1 Å². The average Bonchev–Trinajstić information content (AvgIpc) is 3.41. The van der Waals surface area contributed by atoms with Gasteiger partial charge in [0, 0.05) is 37.7 Å². The number of para-hydroxylation sites is 2. The number of nitrogens with one attached hydrogen (secondary N) is 1. The number of anilines is 1. The lowest BCUT2D eigenvalue weighted by molar-refractivity contribution is -0.122. The van der Waals surface area contributed by atoms with Crippen molar-refractivity contribution in [3.8, 4) is 28.8 Å². The summed E-state index contributed by atoms with van der Waals surface area (Å²) in [7, 11) is 6.55. The summed E-state index contributed by atoms with van der Waals surface area (Å²) in [6.07, 6.45) is 2.18. The van der Waals surface area contributed by atoms with Crippen molar-refractivity contribution in [3.63, 3.8) is 0 Å². The molecule has 0 atom stereocenters. The van der Waals surface area contributed by atoms with E-state index >= 15 is 0 Å². The van der Waals surface area contributed by atoms with Crippen LogP contribution in [0.1, 0.15) is 28.8 Å². The maximum absolute atomic E-state index is 14.1. The highest BCUT2D eigenvalue weighted by atomic mass is 19.1. The first-order valence-corrected chi connectivity index (χ1v) is 15.3. The molecule has 0 saturated carbocycles. The van der Waals surface area contributed by atoms with Crippen molar-refractivity contribution in [1.82, 2.24) is 14.7 Å². The number of ether oxygens (including phenoxy) is 3. The minimum atomic E-state index is -0.500. The van der Waals surface area contributed by atoms with Crippen molar-refractivity contribution in [2.45, 2.75) is 19.8 Å². The van der Waals surface area contributed by atoms with Crippen molar-refractivity contribution in [2.75, 3.05) is 33.6 Å². The highest BCUT2D eigenvalue weighted by molar-refractivity contribution is 6.24. The highest BCUT2D eigenvalue weighted by Gasteiger charge is 2.21. The fourth-order valence-corrected chi connectivity index (χ4v) is 5.09. The van der Waals surface area contributed by atoms with E-state index in [0.717, 1.165) is 16.8 Å². The zero-order valence-electron chi connectivity index (χ0n) is 27.5. The number of hydrogen-bond acceptors (Lipinski definition) is 6. The zero-order valence-corrected chi connectivity index (χ0v) is 27.5. The number of aryl methyl sites for hydroxylation is 1. The van der Waals surface area contributed by atoms with Gasteiger partial charge in [0.1, 0.15) is 23.1 Å². The van der Waals surface area contributed by atoms with Gasteiger partial charge in [0.15, 0.2) is 0 Å². The van der Waals surface area contributed by atoms with Crippen molar-refractivity contribution in [2.24, 2.45) is 0 Å². The van der Waals surface area contributed by atoms with Gasteiger partial charge in [-0.25, -0.2) is 9.07 Å². The summed E-state index contributed by atoms with van der Waals surface area (Å²) in [6, 6.07) is 28.2. The molecule has 1 heterocycles. The molecule has 4 aromatic carbocycles. The van der Waals surface area contributed by atoms with Crippen molar-refractivity contribution in [1.29, 1.82) is 0 Å². The van der Waals surface area contributed by atoms with Crippen molar-refractivity contribution >= 4 is 29.2 Å². The van der Waals surface area contributed by atoms with Crippen LogP contribution in [0.5, 0.6) is 23.1 Å². The van der Waals surface area contributed by atoms with E-state index < -0.39 is 5.82 Å². The standard InChI is InChI=1S/C38H37FN4O5/c1-25-32(19-20-36(44)40-35-14-10-9-13-34(35)39)38(43(41-25)28-11-7-6-8-12-28)48-29-17-15-27(16-18-29)33(37(45)42(2)3)23-26-21-30(46-4)24-31(22-26)47-5/h6-18,21-24H,19-20H2,1-5H3,(H,40,44). The summed E-state index contributed by atoms with van der Waals surface area (Å²) in [5.74, 6) is 1.15.